The molecule has 0 aliphatic rings. The van der Waals surface area contributed by atoms with Gasteiger partial charge in [0.15, 0.2) is 0 Å². The molecule has 0 aromatic heterocycles. The third-order valence-corrected chi connectivity index (χ3v) is 2.82. The van der Waals surface area contributed by atoms with Gasteiger partial charge in [-0.3, -0.25) is 0 Å². The highest BCUT2D eigenvalue weighted by Crippen LogP contribution is 2.08. The van der Waals surface area contributed by atoms with Crippen LogP contribution in [0, 0.1) is 11.7 Å². The second-order valence-electron chi connectivity index (χ2n) is 3.98. The lowest BCUT2D eigenvalue weighted by molar-refractivity contribution is 0.425. The SMILES string of the molecule is CC(C)C(CCl)NCc1ccccc1F. The quantitative estimate of drug-likeness (QED) is 0.765. The van der Waals surface area contributed by atoms with Gasteiger partial charge in [-0.15, -0.1) is 11.6 Å². The van der Waals surface area contributed by atoms with E-state index < -0.39 is 0 Å². The third kappa shape index (κ3) is 3.80. The molecule has 0 aliphatic heterocycles. The van der Waals surface area contributed by atoms with Crippen molar-refractivity contribution in [1.82, 2.24) is 5.32 Å². The molecule has 1 nitrogen and oxygen atoms in total. The molecule has 0 heterocycles. The number of hydrogen-bond donors (Lipinski definition) is 1. The summed E-state index contributed by atoms with van der Waals surface area (Å²) in [6, 6.07) is 7.02. The molecule has 0 saturated heterocycles. The van der Waals surface area contributed by atoms with Crippen LogP contribution in [0.4, 0.5) is 4.39 Å². The van der Waals surface area contributed by atoms with Crippen molar-refractivity contribution in [2.75, 3.05) is 5.88 Å². The summed E-state index contributed by atoms with van der Waals surface area (Å²) in [4.78, 5) is 0. The fourth-order valence-corrected chi connectivity index (χ4v) is 1.82. The van der Waals surface area contributed by atoms with Crippen LogP contribution in [0.1, 0.15) is 19.4 Å². The lowest BCUT2D eigenvalue weighted by atomic mass is 10.1. The summed E-state index contributed by atoms with van der Waals surface area (Å²) in [7, 11) is 0. The Hall–Kier alpha value is -0.600. The number of nitrogens with one attached hydrogen (secondary N) is 1. The highest BCUT2D eigenvalue weighted by atomic mass is 35.5. The molecule has 1 aromatic carbocycles. The molecule has 0 amide bonds. The van der Waals surface area contributed by atoms with Crippen LogP contribution >= 0.6 is 11.6 Å². The molecule has 0 saturated carbocycles. The van der Waals surface area contributed by atoms with Gasteiger partial charge in [0.05, 0.1) is 0 Å². The number of alkyl halides is 1. The van der Waals surface area contributed by atoms with Gasteiger partial charge in [0.25, 0.3) is 0 Å². The van der Waals surface area contributed by atoms with E-state index in [0.29, 0.717) is 23.9 Å². The van der Waals surface area contributed by atoms with Gasteiger partial charge in [-0.1, -0.05) is 32.0 Å². The molecule has 1 N–H and O–H groups in total. The van der Waals surface area contributed by atoms with Crippen molar-refractivity contribution in [3.63, 3.8) is 0 Å². The van der Waals surface area contributed by atoms with E-state index in [-0.39, 0.29) is 11.9 Å². The zero-order chi connectivity index (χ0) is 11.3. The molecule has 0 aliphatic carbocycles. The first kappa shape index (κ1) is 12.5. The minimum atomic E-state index is -0.165. The van der Waals surface area contributed by atoms with Crippen LogP contribution in [0.2, 0.25) is 0 Å². The van der Waals surface area contributed by atoms with Crippen molar-refractivity contribution in [1.29, 1.82) is 0 Å². The summed E-state index contributed by atoms with van der Waals surface area (Å²) < 4.78 is 13.3. The highest BCUT2D eigenvalue weighted by molar-refractivity contribution is 6.18. The largest absolute Gasteiger partial charge is 0.308 e. The van der Waals surface area contributed by atoms with Crippen molar-refractivity contribution in [3.05, 3.63) is 35.6 Å². The van der Waals surface area contributed by atoms with Crippen LogP contribution in [0.3, 0.4) is 0 Å². The molecule has 0 bridgehead atoms. The smallest absolute Gasteiger partial charge is 0.127 e. The van der Waals surface area contributed by atoms with Gasteiger partial charge in [0.2, 0.25) is 0 Å². The summed E-state index contributed by atoms with van der Waals surface area (Å²) in [5, 5.41) is 3.25. The Morgan fingerprint density at radius 2 is 2.00 bits per heavy atom. The normalized spacial score (nSPS) is 13.1. The second kappa shape index (κ2) is 6.09. The van der Waals surface area contributed by atoms with E-state index in [9.17, 15) is 4.39 Å². The summed E-state index contributed by atoms with van der Waals surface area (Å²) in [5.74, 6) is 0.836. The van der Waals surface area contributed by atoms with Crippen LogP contribution in [0.15, 0.2) is 24.3 Å². The molecule has 1 aromatic rings. The average Bonchev–Trinajstić information content (AvgIpc) is 2.21. The number of hydrogen-bond acceptors (Lipinski definition) is 1. The van der Waals surface area contributed by atoms with E-state index in [0.717, 1.165) is 0 Å². The fourth-order valence-electron chi connectivity index (χ4n) is 1.35. The van der Waals surface area contributed by atoms with Crippen molar-refractivity contribution in [2.45, 2.75) is 26.4 Å². The molecular formula is C12H17ClFN. The van der Waals surface area contributed by atoms with E-state index in [1.54, 1.807) is 12.1 Å². The third-order valence-electron chi connectivity index (χ3n) is 2.48. The number of benzene rings is 1. The first-order chi connectivity index (χ1) is 7.15. The van der Waals surface area contributed by atoms with Crippen molar-refractivity contribution < 1.29 is 4.39 Å². The van der Waals surface area contributed by atoms with Crippen molar-refractivity contribution in [3.8, 4) is 0 Å². The van der Waals surface area contributed by atoms with E-state index >= 15 is 0 Å². The topological polar surface area (TPSA) is 12.0 Å². The Labute approximate surface area is 95.6 Å². The molecule has 84 valence electrons. The standard InChI is InChI=1S/C12H17ClFN/c1-9(2)12(7-13)15-8-10-5-3-4-6-11(10)14/h3-6,9,12,15H,7-8H2,1-2H3. The van der Waals surface area contributed by atoms with Gasteiger partial charge in [-0.2, -0.15) is 0 Å². The van der Waals surface area contributed by atoms with Gasteiger partial charge in [-0.05, 0) is 12.0 Å². The molecule has 3 heteroatoms. The van der Waals surface area contributed by atoms with E-state index in [4.69, 9.17) is 11.6 Å². The zero-order valence-corrected chi connectivity index (χ0v) is 9.89. The van der Waals surface area contributed by atoms with E-state index in [1.807, 2.05) is 6.07 Å². The Balaban J connectivity index is 2.53. The summed E-state index contributed by atoms with van der Waals surface area (Å²) in [5.41, 5.74) is 0.688. The highest BCUT2D eigenvalue weighted by Gasteiger charge is 2.11. The average molecular weight is 230 g/mol. The predicted octanol–water partition coefficient (Wildman–Crippen LogP) is 3.18. The van der Waals surface area contributed by atoms with Gasteiger partial charge in [0, 0.05) is 24.0 Å². The van der Waals surface area contributed by atoms with Gasteiger partial charge >= 0.3 is 0 Å². The first-order valence-electron chi connectivity index (χ1n) is 5.18. The van der Waals surface area contributed by atoms with Gasteiger partial charge in [-0.25, -0.2) is 4.39 Å². The predicted molar refractivity (Wildman–Crippen MR) is 62.6 cm³/mol. The zero-order valence-electron chi connectivity index (χ0n) is 9.13. The van der Waals surface area contributed by atoms with Crippen LogP contribution in [0.25, 0.3) is 0 Å². The Kier molecular flexibility index (Phi) is 5.06. The maximum Gasteiger partial charge on any atom is 0.127 e. The summed E-state index contributed by atoms with van der Waals surface area (Å²) in [6.07, 6.45) is 0. The Morgan fingerprint density at radius 3 is 2.53 bits per heavy atom. The molecule has 0 fully saturated rings. The molecular weight excluding hydrogens is 213 g/mol. The van der Waals surface area contributed by atoms with Crippen molar-refractivity contribution >= 4 is 11.6 Å². The Bertz CT molecular complexity index is 301. The first-order valence-corrected chi connectivity index (χ1v) is 5.71. The molecule has 1 atom stereocenters. The maximum absolute atomic E-state index is 13.3. The molecule has 15 heavy (non-hydrogen) atoms. The summed E-state index contributed by atoms with van der Waals surface area (Å²) >= 11 is 5.81. The maximum atomic E-state index is 13.3. The van der Waals surface area contributed by atoms with Crippen LogP contribution in [-0.2, 0) is 6.54 Å². The Morgan fingerprint density at radius 1 is 1.33 bits per heavy atom. The van der Waals surface area contributed by atoms with Crippen LogP contribution in [-0.4, -0.2) is 11.9 Å². The second-order valence-corrected chi connectivity index (χ2v) is 4.29. The van der Waals surface area contributed by atoms with E-state index in [2.05, 4.69) is 19.2 Å². The molecule has 0 spiro atoms. The van der Waals surface area contributed by atoms with Gasteiger partial charge in [0.1, 0.15) is 5.82 Å². The monoisotopic (exact) mass is 229 g/mol. The molecule has 0 radical (unpaired) electrons. The summed E-state index contributed by atoms with van der Waals surface area (Å²) in [6.45, 7) is 4.73. The number of halogens is 2. The minimum absolute atomic E-state index is 0.165. The van der Waals surface area contributed by atoms with Gasteiger partial charge < -0.3 is 5.32 Å². The van der Waals surface area contributed by atoms with E-state index in [1.165, 1.54) is 6.07 Å². The molecule has 1 rings (SSSR count). The lowest BCUT2D eigenvalue weighted by Gasteiger charge is -2.19. The van der Waals surface area contributed by atoms with Crippen molar-refractivity contribution in [2.24, 2.45) is 5.92 Å². The van der Waals surface area contributed by atoms with Crippen LogP contribution in [0.5, 0.6) is 0 Å². The molecule has 1 unspecified atom stereocenters. The fraction of sp³-hybridized carbons (Fsp3) is 0.500. The number of rotatable bonds is 5. The lowest BCUT2D eigenvalue weighted by Crippen LogP contribution is -2.35. The van der Waals surface area contributed by atoms with Crippen LogP contribution < -0.4 is 5.32 Å². The minimum Gasteiger partial charge on any atom is -0.308 e.